The predicted octanol–water partition coefficient (Wildman–Crippen LogP) is 3.64. The van der Waals surface area contributed by atoms with Crippen LogP contribution in [0.2, 0.25) is 0 Å². The van der Waals surface area contributed by atoms with E-state index in [0.717, 1.165) is 0 Å². The first-order valence-corrected chi connectivity index (χ1v) is 11.7. The molecule has 0 saturated heterocycles. The molecule has 0 aliphatic rings. The monoisotopic (exact) mass is 465 g/mol. The highest BCUT2D eigenvalue weighted by Gasteiger charge is 2.15. The van der Waals surface area contributed by atoms with Crippen LogP contribution in [0.3, 0.4) is 0 Å². The highest BCUT2D eigenvalue weighted by Crippen LogP contribution is 2.22. The summed E-state index contributed by atoms with van der Waals surface area (Å²) in [7, 11) is 0. The maximum atomic E-state index is 13.2. The van der Waals surface area contributed by atoms with Crippen LogP contribution in [0.4, 0.5) is 0 Å². The number of fused-ring (bicyclic) bond motifs is 1. The Labute approximate surface area is 197 Å². The van der Waals surface area contributed by atoms with E-state index in [-0.39, 0.29) is 16.9 Å². The average molecular weight is 466 g/mol. The minimum absolute atomic E-state index is 0.0170. The number of ether oxygens (including phenoxy) is 1. The fourth-order valence-corrected chi connectivity index (χ4v) is 3.84. The van der Waals surface area contributed by atoms with Crippen molar-refractivity contribution in [3.63, 3.8) is 0 Å². The van der Waals surface area contributed by atoms with Crippen molar-refractivity contribution in [1.29, 1.82) is 5.26 Å². The molecule has 172 valence electrons. The van der Waals surface area contributed by atoms with Crippen molar-refractivity contribution in [2.45, 2.75) is 45.2 Å². The molecule has 0 aliphatic heterocycles. The van der Waals surface area contributed by atoms with Crippen LogP contribution in [0.1, 0.15) is 40.0 Å². The summed E-state index contributed by atoms with van der Waals surface area (Å²) < 4.78 is 7.27. The summed E-state index contributed by atoms with van der Waals surface area (Å²) in [5.74, 6) is 1.07. The maximum absolute atomic E-state index is 13.2. The van der Waals surface area contributed by atoms with Crippen molar-refractivity contribution in [1.82, 2.24) is 19.9 Å². The Hall–Kier alpha value is -3.43. The molecule has 0 bridgehead atoms. The zero-order valence-electron chi connectivity index (χ0n) is 19.0. The van der Waals surface area contributed by atoms with Crippen molar-refractivity contribution in [2.75, 3.05) is 18.9 Å². The molecule has 2 aromatic heterocycles. The molecular formula is C24H27N5O3S. The van der Waals surface area contributed by atoms with Gasteiger partial charge in [0.25, 0.3) is 5.56 Å². The molecule has 0 spiro atoms. The molecular weight excluding hydrogens is 438 g/mol. The Morgan fingerprint density at radius 1 is 1.33 bits per heavy atom. The second-order valence-corrected chi connectivity index (χ2v) is 9.73. The summed E-state index contributed by atoms with van der Waals surface area (Å²) in [5, 5.41) is 12.2. The largest absolute Gasteiger partial charge is 0.485 e. The van der Waals surface area contributed by atoms with Gasteiger partial charge in [-0.2, -0.15) is 5.26 Å². The molecule has 3 aromatic rings. The molecule has 0 radical (unpaired) electrons. The van der Waals surface area contributed by atoms with Gasteiger partial charge in [0.05, 0.1) is 24.5 Å². The van der Waals surface area contributed by atoms with Crippen LogP contribution in [-0.2, 0) is 4.79 Å². The van der Waals surface area contributed by atoms with Crippen molar-refractivity contribution in [3.8, 4) is 17.5 Å². The molecule has 0 saturated carbocycles. The van der Waals surface area contributed by atoms with Crippen LogP contribution in [0.25, 0.3) is 16.7 Å². The smallest absolute Gasteiger partial charge is 0.268 e. The number of aromatic amines is 1. The number of amides is 1. The van der Waals surface area contributed by atoms with E-state index in [0.29, 0.717) is 65.8 Å². The summed E-state index contributed by atoms with van der Waals surface area (Å²) in [6.07, 6.45) is 2.92. The second kappa shape index (κ2) is 10.9. The topological polar surface area (TPSA) is 113 Å². The van der Waals surface area contributed by atoms with E-state index < -0.39 is 0 Å². The summed E-state index contributed by atoms with van der Waals surface area (Å²) in [5.41, 5.74) is 0.854. The average Bonchev–Trinajstić information content (AvgIpc) is 3.25. The number of rotatable bonds is 10. The number of nitriles is 1. The van der Waals surface area contributed by atoms with Gasteiger partial charge in [-0.3, -0.25) is 9.59 Å². The van der Waals surface area contributed by atoms with Crippen molar-refractivity contribution >= 4 is 28.7 Å². The normalized spacial score (nSPS) is 11.1. The zero-order valence-corrected chi connectivity index (χ0v) is 19.8. The summed E-state index contributed by atoms with van der Waals surface area (Å²) in [4.78, 5) is 32.6. The van der Waals surface area contributed by atoms with E-state index in [9.17, 15) is 9.59 Å². The van der Waals surface area contributed by atoms with Crippen molar-refractivity contribution in [3.05, 3.63) is 46.9 Å². The van der Waals surface area contributed by atoms with E-state index in [1.54, 1.807) is 24.4 Å². The Kier molecular flexibility index (Phi) is 8.02. The maximum Gasteiger partial charge on any atom is 0.268 e. The van der Waals surface area contributed by atoms with E-state index >= 15 is 0 Å². The molecule has 33 heavy (non-hydrogen) atoms. The SMILES string of the molecule is CC(C)(C)COc1c#cc(-n2c(SCCCC(=O)NCCC#N)nc3[nH]ccc3c2=O)cc1. The minimum atomic E-state index is -0.203. The number of aromatic nitrogens is 3. The number of hydrogen-bond acceptors (Lipinski definition) is 6. The molecule has 0 aliphatic carbocycles. The fourth-order valence-electron chi connectivity index (χ4n) is 2.90. The molecule has 1 aromatic carbocycles. The molecule has 0 fully saturated rings. The third kappa shape index (κ3) is 6.77. The first-order valence-electron chi connectivity index (χ1n) is 10.7. The van der Waals surface area contributed by atoms with E-state index in [1.807, 2.05) is 6.07 Å². The number of carbonyl (C=O) groups is 1. The van der Waals surface area contributed by atoms with Gasteiger partial charge in [0.1, 0.15) is 11.3 Å². The first-order chi connectivity index (χ1) is 15.8. The molecule has 2 N–H and O–H groups in total. The van der Waals surface area contributed by atoms with Crippen molar-refractivity contribution in [2.24, 2.45) is 5.41 Å². The van der Waals surface area contributed by atoms with Crippen LogP contribution in [-0.4, -0.2) is 39.3 Å². The van der Waals surface area contributed by atoms with Gasteiger partial charge in [0.2, 0.25) is 5.91 Å². The number of H-pyrrole nitrogens is 1. The Morgan fingerprint density at radius 3 is 2.85 bits per heavy atom. The Bertz CT molecular complexity index is 1190. The number of nitrogens with zero attached hydrogens (tertiary/aromatic N) is 3. The summed E-state index contributed by atoms with van der Waals surface area (Å²) in [6, 6.07) is 13.2. The zero-order chi connectivity index (χ0) is 23.8. The van der Waals surface area contributed by atoms with Gasteiger partial charge in [-0.15, -0.1) is 0 Å². The van der Waals surface area contributed by atoms with Gasteiger partial charge in [-0.05, 0) is 42.2 Å². The quantitative estimate of drug-likeness (QED) is 0.269. The minimum Gasteiger partial charge on any atom is -0.485 e. The highest BCUT2D eigenvalue weighted by molar-refractivity contribution is 7.99. The molecule has 0 unspecified atom stereocenters. The molecule has 9 heteroatoms. The Morgan fingerprint density at radius 2 is 2.15 bits per heavy atom. The lowest BCUT2D eigenvalue weighted by molar-refractivity contribution is -0.121. The van der Waals surface area contributed by atoms with Gasteiger partial charge in [0, 0.05) is 24.9 Å². The van der Waals surface area contributed by atoms with Crippen LogP contribution in [0.15, 0.2) is 34.3 Å². The molecule has 1 amide bonds. The third-order valence-corrected chi connectivity index (χ3v) is 5.53. The van der Waals surface area contributed by atoms with Crippen LogP contribution >= 0.6 is 11.8 Å². The molecule has 0 atom stereocenters. The number of hydrogen-bond donors (Lipinski definition) is 2. The lowest BCUT2D eigenvalue weighted by Gasteiger charge is -2.18. The van der Waals surface area contributed by atoms with E-state index in [2.05, 4.69) is 48.2 Å². The molecule has 2 heterocycles. The van der Waals surface area contributed by atoms with Crippen molar-refractivity contribution < 1.29 is 9.53 Å². The Balaban J connectivity index is 1.75. The van der Waals surface area contributed by atoms with Crippen LogP contribution in [0.5, 0.6) is 5.75 Å². The third-order valence-electron chi connectivity index (χ3n) is 4.50. The summed E-state index contributed by atoms with van der Waals surface area (Å²) >= 11 is 1.40. The van der Waals surface area contributed by atoms with Gasteiger partial charge in [-0.1, -0.05) is 32.5 Å². The first kappa shape index (κ1) is 24.2. The number of thioether (sulfide) groups is 1. The standard InChI is InChI=1S/C24H27N5O3S/c1-24(2,3)16-32-18-9-7-17(8-10-18)29-22(31)19-11-14-27-21(19)28-23(29)33-15-4-6-20(30)26-13-5-12-25/h7,9,11,14,27H,4-6,13,15-16H2,1-3H3,(H,26,30). The fraction of sp³-hybridized carbons (Fsp3) is 0.417. The molecule has 8 nitrogen and oxygen atoms in total. The van der Waals surface area contributed by atoms with Crippen LogP contribution in [0, 0.1) is 28.9 Å². The van der Waals surface area contributed by atoms with E-state index in [1.165, 1.54) is 16.3 Å². The lowest BCUT2D eigenvalue weighted by atomic mass is 9.99. The number of nitrogens with one attached hydrogen (secondary N) is 2. The van der Waals surface area contributed by atoms with Gasteiger partial charge in [-0.25, -0.2) is 9.55 Å². The summed E-state index contributed by atoms with van der Waals surface area (Å²) in [6.45, 7) is 7.15. The van der Waals surface area contributed by atoms with Gasteiger partial charge >= 0.3 is 0 Å². The van der Waals surface area contributed by atoms with Gasteiger partial charge < -0.3 is 15.0 Å². The van der Waals surface area contributed by atoms with Crippen LogP contribution < -0.4 is 15.6 Å². The predicted molar refractivity (Wildman–Crippen MR) is 128 cm³/mol. The number of carbonyl (C=O) groups excluding carboxylic acids is 1. The lowest BCUT2D eigenvalue weighted by Crippen LogP contribution is -2.24. The second-order valence-electron chi connectivity index (χ2n) is 8.67. The van der Waals surface area contributed by atoms with E-state index in [4.69, 9.17) is 10.00 Å². The molecule has 3 rings (SSSR count). The highest BCUT2D eigenvalue weighted by atomic mass is 32.2. The van der Waals surface area contributed by atoms with Gasteiger partial charge in [0.15, 0.2) is 10.9 Å².